The molecule has 1 aromatic carbocycles. The summed E-state index contributed by atoms with van der Waals surface area (Å²) in [5.74, 6) is -0.729. The lowest BCUT2D eigenvalue weighted by Crippen LogP contribution is -2.21. The second kappa shape index (κ2) is 4.18. The van der Waals surface area contributed by atoms with Gasteiger partial charge in [0.1, 0.15) is 0 Å². The summed E-state index contributed by atoms with van der Waals surface area (Å²) in [5, 5.41) is 9.27. The number of hydrogen-bond donors (Lipinski definition) is 1. The van der Waals surface area contributed by atoms with E-state index in [1.807, 2.05) is 18.2 Å². The molecule has 0 bridgehead atoms. The average Bonchev–Trinajstić information content (AvgIpc) is 2.99. The van der Waals surface area contributed by atoms with Gasteiger partial charge in [0, 0.05) is 11.6 Å². The molecule has 1 aromatic rings. The zero-order chi connectivity index (χ0) is 11.8. The van der Waals surface area contributed by atoms with Crippen LogP contribution in [0.25, 0.3) is 0 Å². The lowest BCUT2D eigenvalue weighted by Gasteiger charge is -2.15. The number of rotatable bonds is 4. The van der Waals surface area contributed by atoms with E-state index in [1.165, 1.54) is 0 Å². The largest absolute Gasteiger partial charge is 0.481 e. The third-order valence-electron chi connectivity index (χ3n) is 3.04. The Morgan fingerprint density at radius 2 is 2.25 bits per heavy atom. The second-order valence-corrected chi connectivity index (χ2v) is 5.04. The first-order valence-corrected chi connectivity index (χ1v) is 5.91. The molecule has 0 aliphatic heterocycles. The molecular formula is C12H13BrO3. The first-order valence-electron chi connectivity index (χ1n) is 5.11. The Labute approximate surface area is 103 Å². The van der Waals surface area contributed by atoms with Crippen LogP contribution in [0.4, 0.5) is 0 Å². The summed E-state index contributed by atoms with van der Waals surface area (Å²) in [7, 11) is 1.62. The van der Waals surface area contributed by atoms with Gasteiger partial charge in [-0.25, -0.2) is 0 Å². The molecule has 4 heteroatoms. The number of aliphatic carboxylic acids is 1. The molecule has 0 aromatic heterocycles. The van der Waals surface area contributed by atoms with Crippen LogP contribution >= 0.6 is 15.9 Å². The number of benzene rings is 1. The van der Waals surface area contributed by atoms with Crippen LogP contribution in [0.15, 0.2) is 22.7 Å². The highest BCUT2D eigenvalue weighted by molar-refractivity contribution is 9.10. The van der Waals surface area contributed by atoms with Crippen LogP contribution in [0.2, 0.25) is 0 Å². The van der Waals surface area contributed by atoms with E-state index in [0.29, 0.717) is 6.61 Å². The number of methoxy groups -OCH3 is 1. The summed E-state index contributed by atoms with van der Waals surface area (Å²) in [6.07, 6.45) is 1.45. The van der Waals surface area contributed by atoms with Crippen LogP contribution in [0, 0.1) is 0 Å². The van der Waals surface area contributed by atoms with Crippen molar-refractivity contribution in [3.8, 4) is 0 Å². The van der Waals surface area contributed by atoms with Crippen molar-refractivity contribution in [3.05, 3.63) is 33.8 Å². The van der Waals surface area contributed by atoms with Crippen LogP contribution in [0.5, 0.6) is 0 Å². The van der Waals surface area contributed by atoms with Crippen molar-refractivity contribution >= 4 is 21.9 Å². The van der Waals surface area contributed by atoms with Crippen molar-refractivity contribution in [3.63, 3.8) is 0 Å². The Morgan fingerprint density at radius 1 is 1.56 bits per heavy atom. The van der Waals surface area contributed by atoms with E-state index >= 15 is 0 Å². The van der Waals surface area contributed by atoms with Gasteiger partial charge >= 0.3 is 5.97 Å². The van der Waals surface area contributed by atoms with Crippen LogP contribution in [-0.4, -0.2) is 18.2 Å². The smallest absolute Gasteiger partial charge is 0.314 e. The van der Waals surface area contributed by atoms with Crippen molar-refractivity contribution in [2.75, 3.05) is 7.11 Å². The first-order chi connectivity index (χ1) is 7.60. The van der Waals surface area contributed by atoms with Gasteiger partial charge in [-0.3, -0.25) is 4.79 Å². The molecule has 0 unspecified atom stereocenters. The van der Waals surface area contributed by atoms with Gasteiger partial charge < -0.3 is 9.84 Å². The zero-order valence-corrected chi connectivity index (χ0v) is 10.6. The summed E-state index contributed by atoms with van der Waals surface area (Å²) >= 11 is 3.39. The molecule has 1 saturated carbocycles. The van der Waals surface area contributed by atoms with Gasteiger partial charge in [-0.15, -0.1) is 0 Å². The predicted molar refractivity (Wildman–Crippen MR) is 63.4 cm³/mol. The van der Waals surface area contributed by atoms with Gasteiger partial charge in [0.2, 0.25) is 0 Å². The Hall–Kier alpha value is -0.870. The lowest BCUT2D eigenvalue weighted by molar-refractivity contribution is -0.140. The Morgan fingerprint density at radius 3 is 2.75 bits per heavy atom. The van der Waals surface area contributed by atoms with Gasteiger partial charge in [0.25, 0.3) is 0 Å². The quantitative estimate of drug-likeness (QED) is 0.925. The van der Waals surface area contributed by atoms with Crippen LogP contribution in [0.3, 0.4) is 0 Å². The summed E-state index contributed by atoms with van der Waals surface area (Å²) in [5.41, 5.74) is 1.19. The Bertz CT molecular complexity index is 424. The molecule has 3 nitrogen and oxygen atoms in total. The van der Waals surface area contributed by atoms with Gasteiger partial charge in [-0.05, 0) is 36.1 Å². The second-order valence-electron chi connectivity index (χ2n) is 4.12. The number of hydrogen-bond acceptors (Lipinski definition) is 2. The van der Waals surface area contributed by atoms with E-state index in [2.05, 4.69) is 15.9 Å². The Balaban J connectivity index is 2.44. The summed E-state index contributed by atoms with van der Waals surface area (Å²) in [6, 6.07) is 5.71. The van der Waals surface area contributed by atoms with Crippen LogP contribution in [-0.2, 0) is 21.6 Å². The predicted octanol–water partition coefficient (Wildman–Crippen LogP) is 2.71. The molecule has 86 valence electrons. The molecule has 1 fully saturated rings. The number of ether oxygens (including phenoxy) is 1. The Kier molecular flexibility index (Phi) is 3.04. The van der Waals surface area contributed by atoms with E-state index in [0.717, 1.165) is 28.4 Å². The average molecular weight is 285 g/mol. The van der Waals surface area contributed by atoms with Crippen molar-refractivity contribution in [2.45, 2.75) is 24.9 Å². The summed E-state index contributed by atoms with van der Waals surface area (Å²) in [6.45, 7) is 0.448. The number of carbonyl (C=O) groups is 1. The highest BCUT2D eigenvalue weighted by Crippen LogP contribution is 2.50. The molecule has 0 amide bonds. The molecule has 0 radical (unpaired) electrons. The molecule has 16 heavy (non-hydrogen) atoms. The minimum atomic E-state index is -0.729. The lowest BCUT2D eigenvalue weighted by atomic mass is 9.92. The summed E-state index contributed by atoms with van der Waals surface area (Å²) < 4.78 is 6.06. The molecule has 2 rings (SSSR count). The molecule has 0 saturated heterocycles. The van der Waals surface area contributed by atoms with E-state index in [1.54, 1.807) is 7.11 Å². The molecule has 0 atom stereocenters. The van der Waals surface area contributed by atoms with E-state index in [-0.39, 0.29) is 0 Å². The van der Waals surface area contributed by atoms with Crippen molar-refractivity contribution in [2.24, 2.45) is 0 Å². The van der Waals surface area contributed by atoms with E-state index in [4.69, 9.17) is 4.74 Å². The van der Waals surface area contributed by atoms with Gasteiger partial charge in [-0.2, -0.15) is 0 Å². The SMILES string of the molecule is COCc1cc(Br)ccc1C1(C(=O)O)CC1. The highest BCUT2D eigenvalue weighted by atomic mass is 79.9. The minimum Gasteiger partial charge on any atom is -0.481 e. The number of carboxylic acid groups (broad SMARTS) is 1. The molecular weight excluding hydrogens is 272 g/mol. The molecule has 0 heterocycles. The van der Waals surface area contributed by atoms with Gasteiger partial charge in [-0.1, -0.05) is 22.0 Å². The maximum Gasteiger partial charge on any atom is 0.314 e. The van der Waals surface area contributed by atoms with E-state index in [9.17, 15) is 9.90 Å². The molecule has 1 N–H and O–H groups in total. The monoisotopic (exact) mass is 284 g/mol. The van der Waals surface area contributed by atoms with Crippen molar-refractivity contribution < 1.29 is 14.6 Å². The van der Waals surface area contributed by atoms with Crippen molar-refractivity contribution in [1.29, 1.82) is 0 Å². The highest BCUT2D eigenvalue weighted by Gasteiger charge is 2.52. The number of halogens is 1. The molecule has 0 spiro atoms. The topological polar surface area (TPSA) is 46.5 Å². The minimum absolute atomic E-state index is 0.448. The third kappa shape index (κ3) is 1.87. The first kappa shape index (κ1) is 11.6. The van der Waals surface area contributed by atoms with Gasteiger partial charge in [0.05, 0.1) is 12.0 Å². The normalized spacial score (nSPS) is 17.1. The van der Waals surface area contributed by atoms with E-state index < -0.39 is 11.4 Å². The fraction of sp³-hybridized carbons (Fsp3) is 0.417. The summed E-state index contributed by atoms with van der Waals surface area (Å²) in [4.78, 5) is 11.3. The fourth-order valence-electron chi connectivity index (χ4n) is 2.03. The van der Waals surface area contributed by atoms with Crippen molar-refractivity contribution in [1.82, 2.24) is 0 Å². The zero-order valence-electron chi connectivity index (χ0n) is 9.00. The van der Waals surface area contributed by atoms with Crippen LogP contribution < -0.4 is 0 Å². The maximum absolute atomic E-state index is 11.3. The third-order valence-corrected chi connectivity index (χ3v) is 3.54. The van der Waals surface area contributed by atoms with Gasteiger partial charge in [0.15, 0.2) is 0 Å². The fourth-order valence-corrected chi connectivity index (χ4v) is 2.44. The van der Waals surface area contributed by atoms with Crippen LogP contribution in [0.1, 0.15) is 24.0 Å². The molecule has 1 aliphatic carbocycles. The maximum atomic E-state index is 11.3. The molecule has 1 aliphatic rings. The standard InChI is InChI=1S/C12H13BrO3/c1-16-7-8-6-9(13)2-3-10(8)12(4-5-12)11(14)15/h2-3,6H,4-5,7H2,1H3,(H,14,15). The number of carboxylic acids is 1.